The molecule has 0 saturated carbocycles. The quantitative estimate of drug-likeness (QED) is 0.898. The van der Waals surface area contributed by atoms with Gasteiger partial charge in [0.05, 0.1) is 31.7 Å². The molecule has 5 nitrogen and oxygen atoms in total. The normalized spacial score (nSPS) is 14.7. The first kappa shape index (κ1) is 12.9. The first-order chi connectivity index (χ1) is 9.86. The molecular formula is C15H17N3O2. The van der Waals surface area contributed by atoms with E-state index in [2.05, 4.69) is 15.3 Å². The number of hydrogen-bond donors (Lipinski definition) is 1. The summed E-state index contributed by atoms with van der Waals surface area (Å²) >= 11 is 0. The Labute approximate surface area is 118 Å². The zero-order chi connectivity index (χ0) is 13.8. The fourth-order valence-electron chi connectivity index (χ4n) is 2.04. The Morgan fingerprint density at radius 1 is 1.20 bits per heavy atom. The van der Waals surface area contributed by atoms with Crippen LogP contribution >= 0.6 is 0 Å². The maximum Gasteiger partial charge on any atom is 0.163 e. The summed E-state index contributed by atoms with van der Waals surface area (Å²) < 4.78 is 11.0. The molecule has 0 radical (unpaired) electrons. The van der Waals surface area contributed by atoms with Crippen LogP contribution in [0.15, 0.2) is 36.7 Å². The topological polar surface area (TPSA) is 56.3 Å². The van der Waals surface area contributed by atoms with Crippen LogP contribution in [0.1, 0.15) is 0 Å². The van der Waals surface area contributed by atoms with Gasteiger partial charge in [0.1, 0.15) is 5.75 Å². The molecule has 0 amide bonds. The van der Waals surface area contributed by atoms with Crippen molar-refractivity contribution in [3.8, 4) is 22.9 Å². The standard InChI is InChI=1S/C15H17N3O2/c1-19-14-5-3-2-4-13(14)15-17-8-12(9-18-15)20-10-11-6-16-7-11/h2-5,8-9,11,16H,6-7,10H2,1H3. The van der Waals surface area contributed by atoms with Crippen LogP contribution in [0.3, 0.4) is 0 Å². The summed E-state index contributed by atoms with van der Waals surface area (Å²) in [7, 11) is 1.64. The van der Waals surface area contributed by atoms with Gasteiger partial charge < -0.3 is 14.8 Å². The number of methoxy groups -OCH3 is 1. The molecule has 0 spiro atoms. The third kappa shape index (κ3) is 2.72. The van der Waals surface area contributed by atoms with Gasteiger partial charge >= 0.3 is 0 Å². The maximum atomic E-state index is 5.66. The van der Waals surface area contributed by atoms with Crippen molar-refractivity contribution in [1.82, 2.24) is 15.3 Å². The number of para-hydroxylation sites is 1. The van der Waals surface area contributed by atoms with E-state index in [1.807, 2.05) is 24.3 Å². The van der Waals surface area contributed by atoms with Gasteiger partial charge in [-0.25, -0.2) is 9.97 Å². The highest BCUT2D eigenvalue weighted by Gasteiger charge is 2.17. The SMILES string of the molecule is COc1ccccc1-c1ncc(OCC2CNC2)cn1. The Morgan fingerprint density at radius 2 is 1.95 bits per heavy atom. The van der Waals surface area contributed by atoms with Gasteiger partial charge in [0.25, 0.3) is 0 Å². The maximum absolute atomic E-state index is 5.66. The van der Waals surface area contributed by atoms with Crippen LogP contribution in [-0.2, 0) is 0 Å². The molecule has 1 saturated heterocycles. The Kier molecular flexibility index (Phi) is 3.78. The molecular weight excluding hydrogens is 254 g/mol. The van der Waals surface area contributed by atoms with E-state index in [0.717, 1.165) is 24.4 Å². The first-order valence-electron chi connectivity index (χ1n) is 6.66. The van der Waals surface area contributed by atoms with Crippen LogP contribution in [0.2, 0.25) is 0 Å². The second-order valence-electron chi connectivity index (χ2n) is 4.78. The molecule has 1 fully saturated rings. The van der Waals surface area contributed by atoms with E-state index < -0.39 is 0 Å². The van der Waals surface area contributed by atoms with Gasteiger partial charge in [-0.2, -0.15) is 0 Å². The summed E-state index contributed by atoms with van der Waals surface area (Å²) in [6.45, 7) is 2.77. The van der Waals surface area contributed by atoms with Crippen molar-refractivity contribution in [3.05, 3.63) is 36.7 Å². The van der Waals surface area contributed by atoms with E-state index >= 15 is 0 Å². The molecule has 0 unspecified atom stereocenters. The van der Waals surface area contributed by atoms with Crippen LogP contribution in [0.5, 0.6) is 11.5 Å². The average Bonchev–Trinajstić information content (AvgIpc) is 2.46. The number of ether oxygens (including phenoxy) is 2. The molecule has 1 aromatic carbocycles. The molecule has 0 atom stereocenters. The minimum Gasteiger partial charge on any atom is -0.496 e. The highest BCUT2D eigenvalue weighted by Crippen LogP contribution is 2.27. The van der Waals surface area contributed by atoms with E-state index in [1.54, 1.807) is 19.5 Å². The highest BCUT2D eigenvalue weighted by atomic mass is 16.5. The van der Waals surface area contributed by atoms with Gasteiger partial charge in [-0.05, 0) is 12.1 Å². The van der Waals surface area contributed by atoms with Crippen LogP contribution < -0.4 is 14.8 Å². The number of rotatable bonds is 5. The molecule has 20 heavy (non-hydrogen) atoms. The summed E-state index contributed by atoms with van der Waals surface area (Å²) in [4.78, 5) is 8.70. The Hall–Kier alpha value is -2.14. The van der Waals surface area contributed by atoms with E-state index in [1.165, 1.54) is 0 Å². The summed E-state index contributed by atoms with van der Waals surface area (Å²) in [5.41, 5.74) is 0.879. The third-order valence-corrected chi connectivity index (χ3v) is 3.33. The summed E-state index contributed by atoms with van der Waals surface area (Å²) in [6, 6.07) is 7.70. The third-order valence-electron chi connectivity index (χ3n) is 3.33. The van der Waals surface area contributed by atoms with Gasteiger partial charge in [0, 0.05) is 19.0 Å². The smallest absolute Gasteiger partial charge is 0.163 e. The largest absolute Gasteiger partial charge is 0.496 e. The number of hydrogen-bond acceptors (Lipinski definition) is 5. The van der Waals surface area contributed by atoms with Crippen molar-refractivity contribution in [2.45, 2.75) is 0 Å². The van der Waals surface area contributed by atoms with E-state index in [0.29, 0.717) is 24.1 Å². The number of nitrogens with zero attached hydrogens (tertiary/aromatic N) is 2. The number of aromatic nitrogens is 2. The van der Waals surface area contributed by atoms with E-state index in [-0.39, 0.29) is 0 Å². The van der Waals surface area contributed by atoms with Gasteiger partial charge in [-0.15, -0.1) is 0 Å². The van der Waals surface area contributed by atoms with Gasteiger partial charge in [-0.1, -0.05) is 12.1 Å². The Balaban J connectivity index is 1.71. The zero-order valence-electron chi connectivity index (χ0n) is 11.4. The van der Waals surface area contributed by atoms with Crippen molar-refractivity contribution in [3.63, 3.8) is 0 Å². The van der Waals surface area contributed by atoms with Gasteiger partial charge in [0.2, 0.25) is 0 Å². The Bertz CT molecular complexity index is 568. The second-order valence-corrected chi connectivity index (χ2v) is 4.78. The summed E-state index contributed by atoms with van der Waals surface area (Å²) in [5.74, 6) is 2.71. The molecule has 1 aromatic heterocycles. The van der Waals surface area contributed by atoms with Crippen LogP contribution in [0, 0.1) is 5.92 Å². The van der Waals surface area contributed by atoms with Crippen molar-refractivity contribution in [1.29, 1.82) is 0 Å². The van der Waals surface area contributed by atoms with Crippen molar-refractivity contribution >= 4 is 0 Å². The lowest BCUT2D eigenvalue weighted by Crippen LogP contribution is -2.45. The predicted octanol–water partition coefficient (Wildman–Crippen LogP) is 1.75. The van der Waals surface area contributed by atoms with Crippen molar-refractivity contribution in [2.24, 2.45) is 5.92 Å². The lowest BCUT2D eigenvalue weighted by atomic mass is 10.1. The molecule has 3 rings (SSSR count). The molecule has 2 aromatic rings. The summed E-state index contributed by atoms with van der Waals surface area (Å²) in [5, 5.41) is 3.22. The average molecular weight is 271 g/mol. The van der Waals surface area contributed by atoms with Crippen LogP contribution in [-0.4, -0.2) is 36.8 Å². The lowest BCUT2D eigenvalue weighted by molar-refractivity contribution is 0.198. The van der Waals surface area contributed by atoms with E-state index in [4.69, 9.17) is 9.47 Å². The summed E-state index contributed by atoms with van der Waals surface area (Å²) in [6.07, 6.45) is 3.42. The second kappa shape index (κ2) is 5.88. The number of benzene rings is 1. The van der Waals surface area contributed by atoms with Crippen molar-refractivity contribution in [2.75, 3.05) is 26.8 Å². The van der Waals surface area contributed by atoms with E-state index in [9.17, 15) is 0 Å². The van der Waals surface area contributed by atoms with Gasteiger partial charge in [0.15, 0.2) is 11.6 Å². The van der Waals surface area contributed by atoms with Crippen LogP contribution in [0.25, 0.3) is 11.4 Å². The molecule has 1 aliphatic rings. The molecule has 1 N–H and O–H groups in total. The molecule has 104 valence electrons. The van der Waals surface area contributed by atoms with Gasteiger partial charge in [-0.3, -0.25) is 0 Å². The zero-order valence-corrected chi connectivity index (χ0v) is 11.4. The fourth-order valence-corrected chi connectivity index (χ4v) is 2.04. The first-order valence-corrected chi connectivity index (χ1v) is 6.66. The number of nitrogens with one attached hydrogen (secondary N) is 1. The lowest BCUT2D eigenvalue weighted by Gasteiger charge is -2.26. The van der Waals surface area contributed by atoms with Crippen LogP contribution in [0.4, 0.5) is 0 Å². The minimum absolute atomic E-state index is 0.601. The predicted molar refractivity (Wildman–Crippen MR) is 75.9 cm³/mol. The minimum atomic E-state index is 0.601. The Morgan fingerprint density at radius 3 is 2.60 bits per heavy atom. The monoisotopic (exact) mass is 271 g/mol. The molecule has 2 heterocycles. The fraction of sp³-hybridized carbons (Fsp3) is 0.333. The van der Waals surface area contributed by atoms with Crippen molar-refractivity contribution < 1.29 is 9.47 Å². The molecule has 0 bridgehead atoms. The molecule has 1 aliphatic heterocycles. The molecule has 5 heteroatoms. The molecule has 0 aliphatic carbocycles. The highest BCUT2D eigenvalue weighted by molar-refractivity contribution is 5.63.